The monoisotopic (exact) mass is 353 g/mol. The Morgan fingerprint density at radius 1 is 1.12 bits per heavy atom. The molecule has 134 valence electrons. The Bertz CT molecular complexity index is 846. The third kappa shape index (κ3) is 3.66. The summed E-state index contributed by atoms with van der Waals surface area (Å²) in [6, 6.07) is 13.9. The molecule has 0 bridgehead atoms. The molecule has 26 heavy (non-hydrogen) atoms. The Balaban J connectivity index is 1.65. The van der Waals surface area contributed by atoms with E-state index in [1.807, 2.05) is 19.0 Å². The minimum atomic E-state index is -0.585. The second-order valence-electron chi connectivity index (χ2n) is 6.06. The van der Waals surface area contributed by atoms with Gasteiger partial charge in [0.15, 0.2) is 6.61 Å². The van der Waals surface area contributed by atoms with Crippen molar-refractivity contribution in [1.29, 1.82) is 0 Å². The zero-order valence-corrected chi connectivity index (χ0v) is 14.6. The normalized spacial score (nSPS) is 12.8. The molecule has 1 N–H and O–H groups in total. The van der Waals surface area contributed by atoms with Gasteiger partial charge in [-0.3, -0.25) is 14.5 Å². The van der Waals surface area contributed by atoms with Crippen LogP contribution in [0.1, 0.15) is 10.4 Å². The zero-order chi connectivity index (χ0) is 18.7. The van der Waals surface area contributed by atoms with Crippen LogP contribution < -0.4 is 15.1 Å². The second-order valence-corrected chi connectivity index (χ2v) is 6.06. The van der Waals surface area contributed by atoms with Crippen LogP contribution >= 0.6 is 0 Å². The van der Waals surface area contributed by atoms with E-state index in [0.29, 0.717) is 16.9 Å². The van der Waals surface area contributed by atoms with Crippen molar-refractivity contribution < 1.29 is 19.1 Å². The van der Waals surface area contributed by atoms with Gasteiger partial charge in [0, 0.05) is 19.8 Å². The Labute approximate surface area is 151 Å². The maximum atomic E-state index is 12.4. The summed E-state index contributed by atoms with van der Waals surface area (Å²) in [6.07, 6.45) is 0. The summed E-state index contributed by atoms with van der Waals surface area (Å²) >= 11 is 0. The molecule has 3 rings (SSSR count). The predicted molar refractivity (Wildman–Crippen MR) is 98.5 cm³/mol. The van der Waals surface area contributed by atoms with Crippen LogP contribution in [0.15, 0.2) is 48.5 Å². The van der Waals surface area contributed by atoms with Gasteiger partial charge >= 0.3 is 5.97 Å². The molecule has 7 heteroatoms. The average molecular weight is 353 g/mol. The molecule has 2 aromatic rings. The smallest absolute Gasteiger partial charge is 0.338 e. The highest BCUT2D eigenvalue weighted by atomic mass is 16.5. The molecule has 0 aromatic heterocycles. The Morgan fingerprint density at radius 2 is 1.81 bits per heavy atom. The lowest BCUT2D eigenvalue weighted by Crippen LogP contribution is -2.44. The zero-order valence-electron chi connectivity index (χ0n) is 14.6. The van der Waals surface area contributed by atoms with E-state index < -0.39 is 18.5 Å². The SMILES string of the molecule is CN(C)c1ccc(C(=O)OCC(=O)N2CC(=O)Nc3ccccc32)cc1. The molecule has 1 heterocycles. The number of carbonyl (C=O) groups excluding carboxylic acids is 3. The quantitative estimate of drug-likeness (QED) is 0.850. The summed E-state index contributed by atoms with van der Waals surface area (Å²) in [5, 5.41) is 2.71. The fourth-order valence-corrected chi connectivity index (χ4v) is 2.64. The van der Waals surface area contributed by atoms with Crippen molar-refractivity contribution in [3.8, 4) is 0 Å². The van der Waals surface area contributed by atoms with E-state index in [0.717, 1.165) is 5.69 Å². The molecule has 0 spiro atoms. The molecule has 0 radical (unpaired) electrons. The molecule has 0 atom stereocenters. The maximum absolute atomic E-state index is 12.4. The number of fused-ring (bicyclic) bond motifs is 1. The third-order valence-corrected chi connectivity index (χ3v) is 4.02. The highest BCUT2D eigenvalue weighted by molar-refractivity contribution is 6.10. The summed E-state index contributed by atoms with van der Waals surface area (Å²) in [7, 11) is 3.80. The molecule has 2 amide bonds. The first-order valence-electron chi connectivity index (χ1n) is 8.09. The fourth-order valence-electron chi connectivity index (χ4n) is 2.64. The van der Waals surface area contributed by atoms with Gasteiger partial charge in [0.2, 0.25) is 5.91 Å². The second kappa shape index (κ2) is 7.26. The first-order valence-corrected chi connectivity index (χ1v) is 8.09. The molecule has 7 nitrogen and oxygen atoms in total. The number of benzene rings is 2. The third-order valence-electron chi connectivity index (χ3n) is 4.02. The number of nitrogens with zero attached hydrogens (tertiary/aromatic N) is 2. The number of rotatable bonds is 4. The summed E-state index contributed by atoms with van der Waals surface area (Å²) in [5.74, 6) is -1.33. The molecular formula is C19H19N3O4. The molecule has 0 unspecified atom stereocenters. The van der Waals surface area contributed by atoms with E-state index in [2.05, 4.69) is 5.32 Å². The lowest BCUT2D eigenvalue weighted by molar-refractivity contribution is -0.124. The number of esters is 1. The van der Waals surface area contributed by atoms with E-state index in [1.165, 1.54) is 4.90 Å². The van der Waals surface area contributed by atoms with Crippen LogP contribution in [0, 0.1) is 0 Å². The number of anilines is 3. The lowest BCUT2D eigenvalue weighted by Gasteiger charge is -2.28. The first kappa shape index (κ1) is 17.5. The van der Waals surface area contributed by atoms with E-state index >= 15 is 0 Å². The van der Waals surface area contributed by atoms with E-state index in [1.54, 1.807) is 48.5 Å². The summed E-state index contributed by atoms with van der Waals surface area (Å²) in [6.45, 7) is -0.541. The molecule has 1 aliphatic heterocycles. The van der Waals surface area contributed by atoms with Gasteiger partial charge in [0.25, 0.3) is 5.91 Å². The van der Waals surface area contributed by atoms with Crippen molar-refractivity contribution in [2.24, 2.45) is 0 Å². The van der Waals surface area contributed by atoms with Crippen molar-refractivity contribution >= 4 is 34.8 Å². The number of hydrogen-bond acceptors (Lipinski definition) is 5. The van der Waals surface area contributed by atoms with Crippen LogP contribution in [0.3, 0.4) is 0 Å². The fraction of sp³-hybridized carbons (Fsp3) is 0.211. The summed E-state index contributed by atoms with van der Waals surface area (Å²) in [5.41, 5.74) is 2.46. The van der Waals surface area contributed by atoms with Crippen LogP contribution in [0.25, 0.3) is 0 Å². The van der Waals surface area contributed by atoms with Crippen molar-refractivity contribution in [3.05, 3.63) is 54.1 Å². The van der Waals surface area contributed by atoms with Crippen molar-refractivity contribution in [2.75, 3.05) is 42.4 Å². The van der Waals surface area contributed by atoms with Crippen LogP contribution in [-0.2, 0) is 14.3 Å². The van der Waals surface area contributed by atoms with Gasteiger partial charge in [0.1, 0.15) is 6.54 Å². The van der Waals surface area contributed by atoms with Crippen LogP contribution in [0.2, 0.25) is 0 Å². The standard InChI is InChI=1S/C19H19N3O4/c1-21(2)14-9-7-13(8-10-14)19(25)26-12-18(24)22-11-17(23)20-15-5-3-4-6-16(15)22/h3-10H,11-12H2,1-2H3,(H,20,23). The van der Waals surface area contributed by atoms with Crippen LogP contribution in [0.4, 0.5) is 17.1 Å². The van der Waals surface area contributed by atoms with Gasteiger partial charge in [-0.1, -0.05) is 12.1 Å². The summed E-state index contributed by atoms with van der Waals surface area (Å²) < 4.78 is 5.12. The Kier molecular flexibility index (Phi) is 4.88. The van der Waals surface area contributed by atoms with E-state index in [9.17, 15) is 14.4 Å². The Morgan fingerprint density at radius 3 is 2.50 bits per heavy atom. The average Bonchev–Trinajstić information content (AvgIpc) is 2.65. The van der Waals surface area contributed by atoms with Crippen molar-refractivity contribution in [2.45, 2.75) is 0 Å². The van der Waals surface area contributed by atoms with E-state index in [4.69, 9.17) is 4.74 Å². The van der Waals surface area contributed by atoms with E-state index in [-0.39, 0.29) is 12.5 Å². The van der Waals surface area contributed by atoms with Crippen molar-refractivity contribution in [3.63, 3.8) is 0 Å². The Hall–Kier alpha value is -3.35. The number of para-hydroxylation sites is 2. The first-order chi connectivity index (χ1) is 12.5. The number of ether oxygens (including phenoxy) is 1. The van der Waals surface area contributed by atoms with Crippen LogP contribution in [-0.4, -0.2) is 45.0 Å². The van der Waals surface area contributed by atoms with Crippen molar-refractivity contribution in [1.82, 2.24) is 0 Å². The largest absolute Gasteiger partial charge is 0.452 e. The molecule has 2 aromatic carbocycles. The highest BCUT2D eigenvalue weighted by Gasteiger charge is 2.27. The molecule has 0 fully saturated rings. The predicted octanol–water partition coefficient (Wildman–Crippen LogP) is 1.89. The van der Waals surface area contributed by atoms with Gasteiger partial charge in [-0.25, -0.2) is 4.79 Å². The molecular weight excluding hydrogens is 334 g/mol. The minimum absolute atomic E-state index is 0.106. The lowest BCUT2D eigenvalue weighted by atomic mass is 10.2. The molecule has 0 aliphatic carbocycles. The van der Waals surface area contributed by atoms with Gasteiger partial charge in [0.05, 0.1) is 16.9 Å². The number of carbonyl (C=O) groups is 3. The highest BCUT2D eigenvalue weighted by Crippen LogP contribution is 2.28. The number of nitrogens with one attached hydrogen (secondary N) is 1. The van der Waals surface area contributed by atoms with Gasteiger partial charge in [-0.05, 0) is 36.4 Å². The minimum Gasteiger partial charge on any atom is -0.452 e. The number of amides is 2. The molecule has 0 saturated carbocycles. The topological polar surface area (TPSA) is 79.0 Å². The van der Waals surface area contributed by atoms with Gasteiger partial charge in [-0.15, -0.1) is 0 Å². The molecule has 0 saturated heterocycles. The molecule has 1 aliphatic rings. The van der Waals surface area contributed by atoms with Gasteiger partial charge in [-0.2, -0.15) is 0 Å². The number of hydrogen-bond donors (Lipinski definition) is 1. The summed E-state index contributed by atoms with van der Waals surface area (Å²) in [4.78, 5) is 39.6. The van der Waals surface area contributed by atoms with Gasteiger partial charge < -0.3 is 15.0 Å². The van der Waals surface area contributed by atoms with Crippen LogP contribution in [0.5, 0.6) is 0 Å². The maximum Gasteiger partial charge on any atom is 0.338 e.